The zero-order valence-corrected chi connectivity index (χ0v) is 14.1. The third-order valence-electron chi connectivity index (χ3n) is 4.94. The maximum absolute atomic E-state index is 13.1. The second-order valence-corrected chi connectivity index (χ2v) is 8.26. The summed E-state index contributed by atoms with van der Waals surface area (Å²) in [6.45, 7) is 6.59. The Balaban J connectivity index is 1.95. The molecule has 1 aromatic rings. The van der Waals surface area contributed by atoms with Gasteiger partial charge in [0.25, 0.3) is 0 Å². The molecule has 2 aliphatic rings. The lowest BCUT2D eigenvalue weighted by atomic mass is 9.59. The van der Waals surface area contributed by atoms with Crippen LogP contribution in [0, 0.1) is 16.7 Å². The maximum atomic E-state index is 13.1. The molecule has 2 unspecified atom stereocenters. The van der Waals surface area contributed by atoms with Gasteiger partial charge in [-0.15, -0.1) is 0 Å². The molecule has 0 radical (unpaired) electrons. The third kappa shape index (κ3) is 2.56. The van der Waals surface area contributed by atoms with Gasteiger partial charge < -0.3 is 0 Å². The highest BCUT2D eigenvalue weighted by atomic mass is 35.5. The predicted octanol–water partition coefficient (Wildman–Crippen LogP) is 4.44. The Hall–Kier alpha value is -1.35. The molecule has 22 heavy (non-hydrogen) atoms. The van der Waals surface area contributed by atoms with E-state index in [2.05, 4.69) is 20.8 Å². The minimum absolute atomic E-state index is 0.0283. The van der Waals surface area contributed by atoms with Crippen molar-refractivity contribution in [1.29, 1.82) is 0 Å². The summed E-state index contributed by atoms with van der Waals surface area (Å²) in [5.41, 5.74) is 0.217. The van der Waals surface area contributed by atoms with Crippen molar-refractivity contribution in [3.8, 4) is 0 Å². The third-order valence-corrected chi connectivity index (χ3v) is 5.19. The van der Waals surface area contributed by atoms with Crippen molar-refractivity contribution in [3.05, 3.63) is 29.3 Å². The molecule has 1 aliphatic heterocycles. The molecule has 1 heterocycles. The summed E-state index contributed by atoms with van der Waals surface area (Å²) in [7, 11) is 0. The van der Waals surface area contributed by atoms with E-state index in [0.29, 0.717) is 23.0 Å². The van der Waals surface area contributed by atoms with Crippen LogP contribution in [0.25, 0.3) is 0 Å². The van der Waals surface area contributed by atoms with Crippen LogP contribution >= 0.6 is 11.6 Å². The Morgan fingerprint density at radius 3 is 2.36 bits per heavy atom. The zero-order chi connectivity index (χ0) is 16.1. The Morgan fingerprint density at radius 2 is 1.77 bits per heavy atom. The molecular formula is C18H22ClNO2. The molecule has 1 spiro atoms. The molecule has 1 saturated heterocycles. The Morgan fingerprint density at radius 1 is 1.14 bits per heavy atom. The number of rotatable bonds is 1. The Kier molecular flexibility index (Phi) is 3.59. The molecule has 3 rings (SSSR count). The van der Waals surface area contributed by atoms with E-state index in [1.807, 2.05) is 0 Å². The molecule has 2 atom stereocenters. The van der Waals surface area contributed by atoms with Crippen LogP contribution in [0.2, 0.25) is 5.02 Å². The van der Waals surface area contributed by atoms with E-state index >= 15 is 0 Å². The summed E-state index contributed by atoms with van der Waals surface area (Å²) in [5.74, 6) is 0.349. The predicted molar refractivity (Wildman–Crippen MR) is 87.8 cm³/mol. The summed E-state index contributed by atoms with van der Waals surface area (Å²) >= 11 is 5.90. The summed E-state index contributed by atoms with van der Waals surface area (Å²) in [5, 5.41) is 0.602. The van der Waals surface area contributed by atoms with E-state index in [-0.39, 0.29) is 17.2 Å². The van der Waals surface area contributed by atoms with Crippen LogP contribution in [-0.4, -0.2) is 11.8 Å². The van der Waals surface area contributed by atoms with Crippen molar-refractivity contribution in [3.63, 3.8) is 0 Å². The van der Waals surface area contributed by atoms with Crippen molar-refractivity contribution in [2.24, 2.45) is 16.7 Å². The first kappa shape index (κ1) is 15.5. The van der Waals surface area contributed by atoms with Gasteiger partial charge in [0.05, 0.1) is 11.1 Å². The summed E-state index contributed by atoms with van der Waals surface area (Å²) < 4.78 is 0. The second kappa shape index (κ2) is 5.09. The molecule has 3 nitrogen and oxygen atoms in total. The lowest BCUT2D eigenvalue weighted by Crippen LogP contribution is -2.43. The van der Waals surface area contributed by atoms with Gasteiger partial charge in [-0.1, -0.05) is 32.4 Å². The van der Waals surface area contributed by atoms with E-state index in [9.17, 15) is 9.59 Å². The molecule has 1 aliphatic carbocycles. The number of halogens is 1. The van der Waals surface area contributed by atoms with Gasteiger partial charge in [-0.25, -0.2) is 0 Å². The van der Waals surface area contributed by atoms with Crippen LogP contribution < -0.4 is 4.90 Å². The quantitative estimate of drug-likeness (QED) is 0.718. The molecular weight excluding hydrogens is 298 g/mol. The molecule has 1 saturated carbocycles. The van der Waals surface area contributed by atoms with E-state index in [1.54, 1.807) is 24.3 Å². The summed E-state index contributed by atoms with van der Waals surface area (Å²) in [6, 6.07) is 6.93. The average molecular weight is 320 g/mol. The number of hydrogen-bond acceptors (Lipinski definition) is 2. The van der Waals surface area contributed by atoms with Crippen molar-refractivity contribution in [2.75, 3.05) is 4.90 Å². The van der Waals surface area contributed by atoms with Crippen LogP contribution in [0.3, 0.4) is 0 Å². The minimum Gasteiger partial charge on any atom is -0.274 e. The number of nitrogens with zero attached hydrogens (tertiary/aromatic N) is 1. The van der Waals surface area contributed by atoms with Crippen LogP contribution in [0.1, 0.15) is 46.5 Å². The highest BCUT2D eigenvalue weighted by molar-refractivity contribution is 6.30. The molecule has 1 aromatic carbocycles. The maximum Gasteiger partial charge on any atom is 0.240 e. The fourth-order valence-electron chi connectivity index (χ4n) is 4.69. The second-order valence-electron chi connectivity index (χ2n) is 7.82. The van der Waals surface area contributed by atoms with Gasteiger partial charge in [0, 0.05) is 11.4 Å². The Bertz CT molecular complexity index is 622. The molecule has 2 fully saturated rings. The van der Waals surface area contributed by atoms with Gasteiger partial charge >= 0.3 is 0 Å². The molecule has 118 valence electrons. The first-order valence-electron chi connectivity index (χ1n) is 7.85. The fraction of sp³-hybridized carbons (Fsp3) is 0.556. The summed E-state index contributed by atoms with van der Waals surface area (Å²) in [6.07, 6.45) is 3.05. The van der Waals surface area contributed by atoms with Crippen LogP contribution in [0.15, 0.2) is 24.3 Å². The SMILES string of the molecule is CC1CC(C)(C)CC2(CC(=O)N(c3ccc(Cl)cc3)C2=O)C1. The zero-order valence-electron chi connectivity index (χ0n) is 13.4. The van der Waals surface area contributed by atoms with Gasteiger partial charge in [-0.3, -0.25) is 14.5 Å². The van der Waals surface area contributed by atoms with Crippen molar-refractivity contribution in [2.45, 2.75) is 46.5 Å². The van der Waals surface area contributed by atoms with Crippen LogP contribution in [0.4, 0.5) is 5.69 Å². The van der Waals surface area contributed by atoms with E-state index in [1.165, 1.54) is 4.90 Å². The van der Waals surface area contributed by atoms with Crippen molar-refractivity contribution < 1.29 is 9.59 Å². The lowest BCUT2D eigenvalue weighted by molar-refractivity contribution is -0.130. The first-order valence-corrected chi connectivity index (χ1v) is 8.23. The lowest BCUT2D eigenvalue weighted by Gasteiger charge is -2.44. The van der Waals surface area contributed by atoms with E-state index < -0.39 is 5.41 Å². The largest absolute Gasteiger partial charge is 0.274 e. The molecule has 0 aromatic heterocycles. The topological polar surface area (TPSA) is 37.4 Å². The smallest absolute Gasteiger partial charge is 0.240 e. The number of imide groups is 1. The first-order chi connectivity index (χ1) is 10.2. The Labute approximate surface area is 136 Å². The average Bonchev–Trinajstić information content (AvgIpc) is 2.59. The molecule has 0 bridgehead atoms. The number of carbonyl (C=O) groups excluding carboxylic acids is 2. The van der Waals surface area contributed by atoms with Gasteiger partial charge in [-0.05, 0) is 54.9 Å². The molecule has 2 amide bonds. The van der Waals surface area contributed by atoms with Crippen molar-refractivity contribution in [1.82, 2.24) is 0 Å². The van der Waals surface area contributed by atoms with Gasteiger partial charge in [0.15, 0.2) is 0 Å². The normalized spacial score (nSPS) is 31.1. The number of amides is 2. The summed E-state index contributed by atoms with van der Waals surface area (Å²) in [4.78, 5) is 27.0. The van der Waals surface area contributed by atoms with Gasteiger partial charge in [0.1, 0.15) is 0 Å². The highest BCUT2D eigenvalue weighted by Gasteiger charge is 2.56. The van der Waals surface area contributed by atoms with Gasteiger partial charge in [0.2, 0.25) is 11.8 Å². The standard InChI is InChI=1S/C18H22ClNO2/c1-12-8-17(2,3)11-18(9-12)10-15(21)20(16(18)22)14-6-4-13(19)5-7-14/h4-7,12H,8-11H2,1-3H3. The van der Waals surface area contributed by atoms with Crippen LogP contribution in [-0.2, 0) is 9.59 Å². The minimum atomic E-state index is -0.516. The fourth-order valence-corrected chi connectivity index (χ4v) is 4.81. The number of benzene rings is 1. The number of carbonyl (C=O) groups is 2. The number of hydrogen-bond donors (Lipinski definition) is 0. The van der Waals surface area contributed by atoms with Gasteiger partial charge in [-0.2, -0.15) is 0 Å². The van der Waals surface area contributed by atoms with E-state index in [4.69, 9.17) is 11.6 Å². The molecule has 0 N–H and O–H groups in total. The monoisotopic (exact) mass is 319 g/mol. The highest BCUT2D eigenvalue weighted by Crippen LogP contribution is 2.54. The number of anilines is 1. The molecule has 4 heteroatoms. The van der Waals surface area contributed by atoms with Crippen LogP contribution in [0.5, 0.6) is 0 Å². The van der Waals surface area contributed by atoms with Crippen molar-refractivity contribution >= 4 is 29.1 Å². The van der Waals surface area contributed by atoms with E-state index in [0.717, 1.165) is 19.3 Å².